The van der Waals surface area contributed by atoms with Gasteiger partial charge in [0, 0.05) is 18.8 Å². The van der Waals surface area contributed by atoms with Gasteiger partial charge in [0.25, 0.3) is 0 Å². The van der Waals surface area contributed by atoms with Gasteiger partial charge in [-0.25, -0.2) is 9.59 Å². The number of rotatable bonds is 6. The van der Waals surface area contributed by atoms with Crippen molar-refractivity contribution >= 4 is 35.0 Å². The van der Waals surface area contributed by atoms with E-state index in [1.54, 1.807) is 36.4 Å². The Kier molecular flexibility index (Phi) is 6.26. The number of carbonyl (C=O) groups is 4. The van der Waals surface area contributed by atoms with Crippen LogP contribution in [0.5, 0.6) is 5.75 Å². The molecule has 1 aliphatic rings. The van der Waals surface area contributed by atoms with Crippen LogP contribution >= 0.6 is 0 Å². The topological polar surface area (TPSA) is 111 Å². The highest BCUT2D eigenvalue weighted by Gasteiger charge is 2.32. The Hall–Kier alpha value is -3.94. The van der Waals surface area contributed by atoms with Crippen LogP contribution in [-0.4, -0.2) is 30.2 Å². The van der Waals surface area contributed by atoms with Gasteiger partial charge in [-0.2, -0.15) is 0 Å². The molecule has 0 aliphatic carbocycles. The normalized spacial score (nSPS) is 14.0. The number of hydrogen-bond donors (Lipinski definition) is 2. The summed E-state index contributed by atoms with van der Waals surface area (Å²) in [5.41, 5.74) is 1.19. The number of para-hydroxylation sites is 1. The molecule has 30 heavy (non-hydrogen) atoms. The van der Waals surface area contributed by atoms with E-state index in [0.29, 0.717) is 17.9 Å². The third-order valence-electron chi connectivity index (χ3n) is 4.17. The number of ether oxygens (including phenoxy) is 2. The summed E-state index contributed by atoms with van der Waals surface area (Å²) in [6, 6.07) is 11.1. The van der Waals surface area contributed by atoms with Crippen LogP contribution in [0.1, 0.15) is 41.0 Å². The van der Waals surface area contributed by atoms with Crippen molar-refractivity contribution in [3.05, 3.63) is 65.4 Å². The highest BCUT2D eigenvalue weighted by atomic mass is 16.5. The summed E-state index contributed by atoms with van der Waals surface area (Å²) in [6.07, 6.45) is 1.99. The molecule has 154 valence electrons. The van der Waals surface area contributed by atoms with Crippen molar-refractivity contribution in [1.29, 1.82) is 0 Å². The molecule has 0 bridgehead atoms. The van der Waals surface area contributed by atoms with E-state index in [9.17, 15) is 19.2 Å². The predicted molar refractivity (Wildman–Crippen MR) is 109 cm³/mol. The minimum atomic E-state index is -0.836. The maximum absolute atomic E-state index is 12.7. The summed E-state index contributed by atoms with van der Waals surface area (Å²) in [5.74, 6) is -2.11. The SMILES string of the molecule is CCCOC(=O)c1ccc(NC=C2C(=O)Oc3c(NC(C)=O)cccc3C2=O)cc1. The van der Waals surface area contributed by atoms with Gasteiger partial charge in [-0.15, -0.1) is 0 Å². The van der Waals surface area contributed by atoms with E-state index in [-0.39, 0.29) is 28.5 Å². The molecule has 2 aromatic carbocycles. The maximum Gasteiger partial charge on any atom is 0.349 e. The Labute approximate surface area is 172 Å². The molecule has 0 aromatic heterocycles. The largest absolute Gasteiger partial charge is 0.462 e. The van der Waals surface area contributed by atoms with Crippen LogP contribution in [0.3, 0.4) is 0 Å². The molecule has 1 heterocycles. The first-order valence-electron chi connectivity index (χ1n) is 9.32. The zero-order chi connectivity index (χ0) is 21.7. The lowest BCUT2D eigenvalue weighted by Crippen LogP contribution is -2.27. The average molecular weight is 408 g/mol. The Bertz CT molecular complexity index is 1040. The zero-order valence-corrected chi connectivity index (χ0v) is 16.5. The second-order valence-electron chi connectivity index (χ2n) is 6.50. The molecular formula is C22H20N2O6. The third kappa shape index (κ3) is 4.54. The van der Waals surface area contributed by atoms with Crippen LogP contribution in [0.2, 0.25) is 0 Å². The molecule has 0 unspecified atom stereocenters. The first-order valence-corrected chi connectivity index (χ1v) is 9.32. The van der Waals surface area contributed by atoms with Gasteiger partial charge in [0.15, 0.2) is 5.75 Å². The number of ketones is 1. The fourth-order valence-corrected chi connectivity index (χ4v) is 2.76. The first kappa shape index (κ1) is 20.8. The van der Waals surface area contributed by atoms with Crippen LogP contribution in [0.25, 0.3) is 0 Å². The van der Waals surface area contributed by atoms with E-state index in [4.69, 9.17) is 9.47 Å². The van der Waals surface area contributed by atoms with Gasteiger partial charge in [-0.1, -0.05) is 13.0 Å². The number of fused-ring (bicyclic) bond motifs is 1. The molecule has 1 amide bonds. The second-order valence-corrected chi connectivity index (χ2v) is 6.50. The second kappa shape index (κ2) is 9.04. The van der Waals surface area contributed by atoms with Gasteiger partial charge in [-0.05, 0) is 42.8 Å². The van der Waals surface area contributed by atoms with Gasteiger partial charge in [0.1, 0.15) is 5.57 Å². The monoisotopic (exact) mass is 408 g/mol. The van der Waals surface area contributed by atoms with Gasteiger partial charge in [0.2, 0.25) is 11.7 Å². The van der Waals surface area contributed by atoms with Crippen molar-refractivity contribution in [3.63, 3.8) is 0 Å². The number of esters is 2. The summed E-state index contributed by atoms with van der Waals surface area (Å²) in [4.78, 5) is 48.2. The molecule has 2 N–H and O–H groups in total. The van der Waals surface area contributed by atoms with Crippen LogP contribution in [-0.2, 0) is 14.3 Å². The molecular weight excluding hydrogens is 388 g/mol. The maximum atomic E-state index is 12.7. The lowest BCUT2D eigenvalue weighted by molar-refractivity contribution is -0.130. The number of carbonyl (C=O) groups excluding carboxylic acids is 4. The highest BCUT2D eigenvalue weighted by molar-refractivity contribution is 6.28. The molecule has 0 radical (unpaired) electrons. The molecule has 8 heteroatoms. The molecule has 3 rings (SSSR count). The van der Waals surface area contributed by atoms with E-state index >= 15 is 0 Å². The lowest BCUT2D eigenvalue weighted by atomic mass is 9.99. The molecule has 0 saturated carbocycles. The van der Waals surface area contributed by atoms with Crippen LogP contribution in [0.15, 0.2) is 54.2 Å². The molecule has 2 aromatic rings. The summed E-state index contributed by atoms with van der Waals surface area (Å²) in [6.45, 7) is 3.57. The van der Waals surface area contributed by atoms with Gasteiger partial charge < -0.3 is 20.1 Å². The Morgan fingerprint density at radius 1 is 1.10 bits per heavy atom. The Morgan fingerprint density at radius 3 is 2.50 bits per heavy atom. The summed E-state index contributed by atoms with van der Waals surface area (Å²) < 4.78 is 10.3. The average Bonchev–Trinajstić information content (AvgIpc) is 2.72. The van der Waals surface area contributed by atoms with Gasteiger partial charge >= 0.3 is 11.9 Å². The number of amides is 1. The van der Waals surface area contributed by atoms with E-state index in [1.807, 2.05) is 6.92 Å². The van der Waals surface area contributed by atoms with E-state index < -0.39 is 17.7 Å². The van der Waals surface area contributed by atoms with Crippen molar-refractivity contribution in [2.45, 2.75) is 20.3 Å². The number of nitrogens with one attached hydrogen (secondary N) is 2. The number of anilines is 2. The van der Waals surface area contributed by atoms with E-state index in [0.717, 1.165) is 6.42 Å². The Balaban J connectivity index is 1.77. The van der Waals surface area contributed by atoms with Crippen molar-refractivity contribution in [1.82, 2.24) is 0 Å². The predicted octanol–water partition coefficient (Wildman–Crippen LogP) is 3.31. The summed E-state index contributed by atoms with van der Waals surface area (Å²) in [7, 11) is 0. The fourth-order valence-electron chi connectivity index (χ4n) is 2.76. The van der Waals surface area contributed by atoms with Gasteiger partial charge in [0.05, 0.1) is 23.4 Å². The highest BCUT2D eigenvalue weighted by Crippen LogP contribution is 2.35. The zero-order valence-electron chi connectivity index (χ0n) is 16.5. The number of hydrogen-bond acceptors (Lipinski definition) is 7. The van der Waals surface area contributed by atoms with Crippen molar-refractivity contribution in [2.75, 3.05) is 17.2 Å². The molecule has 1 aliphatic heterocycles. The quantitative estimate of drug-likeness (QED) is 0.326. The van der Waals surface area contributed by atoms with Crippen LogP contribution < -0.4 is 15.4 Å². The van der Waals surface area contributed by atoms with Crippen molar-refractivity contribution < 1.29 is 28.7 Å². The molecule has 0 saturated heterocycles. The van der Waals surface area contributed by atoms with Crippen molar-refractivity contribution in [3.8, 4) is 5.75 Å². The van der Waals surface area contributed by atoms with Gasteiger partial charge in [-0.3, -0.25) is 9.59 Å². The summed E-state index contributed by atoms with van der Waals surface area (Å²) >= 11 is 0. The lowest BCUT2D eigenvalue weighted by Gasteiger charge is -2.19. The van der Waals surface area contributed by atoms with Crippen LogP contribution in [0.4, 0.5) is 11.4 Å². The molecule has 0 atom stereocenters. The fraction of sp³-hybridized carbons (Fsp3) is 0.182. The molecule has 0 spiro atoms. The number of benzene rings is 2. The standard InChI is InChI=1S/C22H20N2O6/c1-3-11-29-21(27)14-7-9-15(10-8-14)23-12-17-19(26)16-5-4-6-18(24-13(2)25)20(16)30-22(17)28/h4-10,12,23H,3,11H2,1-2H3,(H,24,25). The smallest absolute Gasteiger partial charge is 0.349 e. The first-order chi connectivity index (χ1) is 14.4. The minimum Gasteiger partial charge on any atom is -0.462 e. The van der Waals surface area contributed by atoms with E-state index in [1.165, 1.54) is 19.2 Å². The number of Topliss-reactive ketones (excluding diaryl/α,β-unsaturated/α-hetero) is 1. The minimum absolute atomic E-state index is 0.0230. The molecule has 8 nitrogen and oxygen atoms in total. The molecule has 0 fully saturated rings. The van der Waals surface area contributed by atoms with Crippen molar-refractivity contribution in [2.24, 2.45) is 0 Å². The van der Waals surface area contributed by atoms with E-state index in [2.05, 4.69) is 10.6 Å². The van der Waals surface area contributed by atoms with Crippen LogP contribution in [0, 0.1) is 0 Å². The third-order valence-corrected chi connectivity index (χ3v) is 4.17. The Morgan fingerprint density at radius 2 is 1.83 bits per heavy atom. The summed E-state index contributed by atoms with van der Waals surface area (Å²) in [5, 5.41) is 5.39.